The molecule has 1 aliphatic rings. The summed E-state index contributed by atoms with van der Waals surface area (Å²) in [6.45, 7) is 0.486. The van der Waals surface area contributed by atoms with Crippen molar-refractivity contribution in [3.8, 4) is 0 Å². The molecule has 0 atom stereocenters. The van der Waals surface area contributed by atoms with Crippen molar-refractivity contribution in [1.82, 2.24) is 0 Å². The third kappa shape index (κ3) is 3.85. The normalized spacial score (nSPS) is 24.9. The van der Waals surface area contributed by atoms with Gasteiger partial charge in [0, 0.05) is 10.0 Å². The Morgan fingerprint density at radius 2 is 1.88 bits per heavy atom. The first-order chi connectivity index (χ1) is 8.15. The van der Waals surface area contributed by atoms with E-state index in [1.54, 1.807) is 12.1 Å². The Morgan fingerprint density at radius 3 is 2.59 bits per heavy atom. The van der Waals surface area contributed by atoms with Crippen molar-refractivity contribution in [1.29, 1.82) is 0 Å². The first-order valence-corrected chi connectivity index (χ1v) is 6.64. The van der Waals surface area contributed by atoms with E-state index in [0.717, 1.165) is 31.2 Å². The Kier molecular flexibility index (Phi) is 4.69. The minimum Gasteiger partial charge on any atom is -0.393 e. The Balaban J connectivity index is 1.87. The summed E-state index contributed by atoms with van der Waals surface area (Å²) < 4.78 is 5.80. The highest BCUT2D eigenvalue weighted by Crippen LogP contribution is 2.25. The molecular weight excluding hydrogens is 259 g/mol. The van der Waals surface area contributed by atoms with E-state index in [0.29, 0.717) is 16.7 Å². The molecule has 0 bridgehead atoms. The first kappa shape index (κ1) is 13.2. The van der Waals surface area contributed by atoms with Gasteiger partial charge >= 0.3 is 0 Å². The number of ether oxygens (including phenoxy) is 1. The molecule has 1 fully saturated rings. The van der Waals surface area contributed by atoms with E-state index >= 15 is 0 Å². The highest BCUT2D eigenvalue weighted by Gasteiger charge is 2.19. The molecule has 0 aromatic heterocycles. The average molecular weight is 275 g/mol. The van der Waals surface area contributed by atoms with Gasteiger partial charge in [-0.15, -0.1) is 0 Å². The predicted molar refractivity (Wildman–Crippen MR) is 69.5 cm³/mol. The van der Waals surface area contributed by atoms with E-state index in [4.69, 9.17) is 27.9 Å². The van der Waals surface area contributed by atoms with E-state index in [1.165, 1.54) is 0 Å². The molecule has 2 rings (SSSR count). The standard InChI is InChI=1S/C13H16Cl2O2/c14-10-1-6-13(15)9(7-10)8-17-12-4-2-11(16)3-5-12/h1,6-7,11-12,16H,2-5,8H2. The number of hydrogen-bond donors (Lipinski definition) is 1. The van der Waals surface area contributed by atoms with Crippen LogP contribution in [0.4, 0.5) is 0 Å². The van der Waals surface area contributed by atoms with Gasteiger partial charge in [0.05, 0.1) is 18.8 Å². The van der Waals surface area contributed by atoms with Crippen molar-refractivity contribution in [2.45, 2.75) is 44.5 Å². The third-order valence-electron chi connectivity index (χ3n) is 3.13. The van der Waals surface area contributed by atoms with Crippen molar-refractivity contribution in [2.75, 3.05) is 0 Å². The van der Waals surface area contributed by atoms with Crippen LogP contribution in [0.2, 0.25) is 10.0 Å². The summed E-state index contributed by atoms with van der Waals surface area (Å²) in [5.74, 6) is 0. The molecule has 4 heteroatoms. The van der Waals surface area contributed by atoms with Crippen LogP contribution in [0.25, 0.3) is 0 Å². The second-order valence-corrected chi connectivity index (χ2v) is 5.32. The number of aliphatic hydroxyl groups excluding tert-OH is 1. The highest BCUT2D eigenvalue weighted by molar-refractivity contribution is 6.33. The van der Waals surface area contributed by atoms with Crippen LogP contribution in [0, 0.1) is 0 Å². The number of aliphatic hydroxyl groups is 1. The monoisotopic (exact) mass is 274 g/mol. The molecule has 1 aromatic carbocycles. The van der Waals surface area contributed by atoms with Crippen molar-refractivity contribution in [3.63, 3.8) is 0 Å². The van der Waals surface area contributed by atoms with E-state index in [9.17, 15) is 5.11 Å². The van der Waals surface area contributed by atoms with E-state index in [1.807, 2.05) is 6.07 Å². The van der Waals surface area contributed by atoms with E-state index in [-0.39, 0.29) is 12.2 Å². The maximum absolute atomic E-state index is 9.40. The highest BCUT2D eigenvalue weighted by atomic mass is 35.5. The molecule has 0 saturated heterocycles. The Morgan fingerprint density at radius 1 is 1.18 bits per heavy atom. The van der Waals surface area contributed by atoms with Crippen LogP contribution in [-0.4, -0.2) is 17.3 Å². The van der Waals surface area contributed by atoms with Crippen molar-refractivity contribution >= 4 is 23.2 Å². The zero-order chi connectivity index (χ0) is 12.3. The lowest BCUT2D eigenvalue weighted by Gasteiger charge is -2.25. The topological polar surface area (TPSA) is 29.5 Å². The predicted octanol–water partition coefficient (Wildman–Crippen LogP) is 3.81. The fraction of sp³-hybridized carbons (Fsp3) is 0.538. The van der Waals surface area contributed by atoms with E-state index in [2.05, 4.69) is 0 Å². The van der Waals surface area contributed by atoms with Crippen LogP contribution in [0.5, 0.6) is 0 Å². The van der Waals surface area contributed by atoms with Gasteiger partial charge in [0.15, 0.2) is 0 Å². The van der Waals surface area contributed by atoms with Crippen LogP contribution in [-0.2, 0) is 11.3 Å². The van der Waals surface area contributed by atoms with Crippen LogP contribution >= 0.6 is 23.2 Å². The number of rotatable bonds is 3. The smallest absolute Gasteiger partial charge is 0.0735 e. The number of halogens is 2. The molecule has 0 unspecified atom stereocenters. The lowest BCUT2D eigenvalue weighted by Crippen LogP contribution is -2.24. The zero-order valence-electron chi connectivity index (χ0n) is 9.53. The fourth-order valence-electron chi connectivity index (χ4n) is 2.07. The van der Waals surface area contributed by atoms with Gasteiger partial charge in [-0.25, -0.2) is 0 Å². The van der Waals surface area contributed by atoms with Crippen molar-refractivity contribution in [2.24, 2.45) is 0 Å². The van der Waals surface area contributed by atoms with Gasteiger partial charge in [-0.3, -0.25) is 0 Å². The molecule has 1 aromatic rings. The van der Waals surface area contributed by atoms with Gasteiger partial charge in [0.2, 0.25) is 0 Å². The zero-order valence-corrected chi connectivity index (χ0v) is 11.0. The lowest BCUT2D eigenvalue weighted by molar-refractivity contribution is -0.0118. The lowest BCUT2D eigenvalue weighted by atomic mass is 9.95. The van der Waals surface area contributed by atoms with Crippen LogP contribution in [0.3, 0.4) is 0 Å². The molecule has 0 aliphatic heterocycles. The Labute approximate surface area is 111 Å². The summed E-state index contributed by atoms with van der Waals surface area (Å²) in [5, 5.41) is 10.8. The molecule has 0 heterocycles. The maximum Gasteiger partial charge on any atom is 0.0735 e. The van der Waals surface area contributed by atoms with Crippen LogP contribution in [0.1, 0.15) is 31.2 Å². The second-order valence-electron chi connectivity index (χ2n) is 4.48. The van der Waals surface area contributed by atoms with Gasteiger partial charge in [-0.1, -0.05) is 23.2 Å². The molecule has 1 N–H and O–H groups in total. The molecule has 2 nitrogen and oxygen atoms in total. The number of hydrogen-bond acceptors (Lipinski definition) is 2. The summed E-state index contributed by atoms with van der Waals surface area (Å²) in [7, 11) is 0. The first-order valence-electron chi connectivity index (χ1n) is 5.89. The molecule has 94 valence electrons. The fourth-order valence-corrected chi connectivity index (χ4v) is 2.44. The van der Waals surface area contributed by atoms with Crippen LogP contribution in [0.15, 0.2) is 18.2 Å². The third-order valence-corrected chi connectivity index (χ3v) is 3.73. The average Bonchev–Trinajstić information content (AvgIpc) is 2.32. The van der Waals surface area contributed by atoms with Gasteiger partial charge in [-0.05, 0) is 49.4 Å². The summed E-state index contributed by atoms with van der Waals surface area (Å²) in [4.78, 5) is 0. The summed E-state index contributed by atoms with van der Waals surface area (Å²) in [6, 6.07) is 5.39. The minimum atomic E-state index is -0.149. The minimum absolute atomic E-state index is 0.149. The number of benzene rings is 1. The summed E-state index contributed by atoms with van der Waals surface area (Å²) >= 11 is 12.0. The van der Waals surface area contributed by atoms with Gasteiger partial charge < -0.3 is 9.84 Å². The van der Waals surface area contributed by atoms with Crippen LogP contribution < -0.4 is 0 Å². The van der Waals surface area contributed by atoms with Gasteiger partial charge in [0.1, 0.15) is 0 Å². The maximum atomic E-state index is 9.40. The molecular formula is C13H16Cl2O2. The molecule has 0 spiro atoms. The molecule has 17 heavy (non-hydrogen) atoms. The Hall–Kier alpha value is -0.280. The summed E-state index contributed by atoms with van der Waals surface area (Å²) in [6.07, 6.45) is 3.57. The van der Waals surface area contributed by atoms with Gasteiger partial charge in [-0.2, -0.15) is 0 Å². The molecule has 1 aliphatic carbocycles. The Bertz CT molecular complexity index is 374. The summed E-state index contributed by atoms with van der Waals surface area (Å²) in [5.41, 5.74) is 0.922. The van der Waals surface area contributed by atoms with Gasteiger partial charge in [0.25, 0.3) is 0 Å². The van der Waals surface area contributed by atoms with E-state index < -0.39 is 0 Å². The molecule has 1 saturated carbocycles. The quantitative estimate of drug-likeness (QED) is 0.908. The molecule has 0 radical (unpaired) electrons. The largest absolute Gasteiger partial charge is 0.393 e. The SMILES string of the molecule is OC1CCC(OCc2cc(Cl)ccc2Cl)CC1. The van der Waals surface area contributed by atoms with Crippen molar-refractivity contribution < 1.29 is 9.84 Å². The molecule has 0 amide bonds. The van der Waals surface area contributed by atoms with Crippen molar-refractivity contribution in [3.05, 3.63) is 33.8 Å². The second kappa shape index (κ2) is 6.05.